The van der Waals surface area contributed by atoms with Gasteiger partial charge >= 0.3 is 0 Å². The van der Waals surface area contributed by atoms with Crippen LogP contribution < -0.4 is 20.3 Å². The van der Waals surface area contributed by atoms with Crippen molar-refractivity contribution in [3.63, 3.8) is 0 Å². The molecule has 0 saturated heterocycles. The Morgan fingerprint density at radius 2 is 2.11 bits per heavy atom. The van der Waals surface area contributed by atoms with Crippen LogP contribution in [0.5, 0.6) is 11.5 Å². The summed E-state index contributed by atoms with van der Waals surface area (Å²) in [4.78, 5) is 23.4. The van der Waals surface area contributed by atoms with Gasteiger partial charge in [0.15, 0.2) is 5.82 Å². The van der Waals surface area contributed by atoms with Gasteiger partial charge in [0, 0.05) is 31.7 Å². The number of rotatable bonds is 9. The summed E-state index contributed by atoms with van der Waals surface area (Å²) < 4.78 is 11.4. The highest BCUT2D eigenvalue weighted by Gasteiger charge is 2.28. The molecule has 1 amide bonds. The fourth-order valence-corrected chi connectivity index (χ4v) is 4.97. The molecule has 0 spiro atoms. The number of aliphatic hydroxyl groups is 1. The average molecular weight is 539 g/mol. The Morgan fingerprint density at radius 1 is 1.24 bits per heavy atom. The number of anilines is 3. The van der Waals surface area contributed by atoms with E-state index in [1.807, 2.05) is 30.3 Å². The standard InChI is InChI=1S/C26H27ClN6O3S/c1-26(2,14-34)25(35)28-9-11-33-10-8-19-23(33)24(30-15-29-19)32-16-6-7-21(18(27)12-16)36-20-4-3-5-22-17(20)13-31-37-22/h3-7,12-13,15,34H,8-11,14H2,1-2H3,(H,28,35)(H,29,30,32). The zero-order valence-electron chi connectivity index (χ0n) is 20.5. The molecule has 0 unspecified atom stereocenters. The second-order valence-electron chi connectivity index (χ2n) is 9.42. The monoisotopic (exact) mass is 538 g/mol. The van der Waals surface area contributed by atoms with E-state index in [0.717, 1.165) is 40.1 Å². The molecule has 0 bridgehead atoms. The van der Waals surface area contributed by atoms with Crippen molar-refractivity contribution in [2.45, 2.75) is 20.3 Å². The van der Waals surface area contributed by atoms with E-state index in [0.29, 0.717) is 35.4 Å². The number of amides is 1. The van der Waals surface area contributed by atoms with Crippen LogP contribution in [0, 0.1) is 5.41 Å². The van der Waals surface area contributed by atoms with Gasteiger partial charge in [-0.15, -0.1) is 0 Å². The number of aliphatic hydroxyl groups excluding tert-OH is 1. The van der Waals surface area contributed by atoms with Crippen LogP contribution in [0.2, 0.25) is 5.02 Å². The van der Waals surface area contributed by atoms with Gasteiger partial charge in [-0.2, -0.15) is 4.37 Å². The summed E-state index contributed by atoms with van der Waals surface area (Å²) in [6.45, 7) is 5.03. The molecular weight excluding hydrogens is 512 g/mol. The van der Waals surface area contributed by atoms with Gasteiger partial charge in [0.05, 0.1) is 39.0 Å². The minimum atomic E-state index is -0.818. The summed E-state index contributed by atoms with van der Waals surface area (Å²) in [7, 11) is 0. The van der Waals surface area contributed by atoms with Crippen molar-refractivity contribution in [2.75, 3.05) is 36.5 Å². The number of aromatic nitrogens is 3. The topological polar surface area (TPSA) is 113 Å². The minimum Gasteiger partial charge on any atom is -0.455 e. The second kappa shape index (κ2) is 10.5. The number of fused-ring (bicyclic) bond motifs is 2. The Bertz CT molecular complexity index is 1440. The maximum atomic E-state index is 12.3. The Hall–Kier alpha value is -3.47. The SMILES string of the molecule is CC(C)(CO)C(=O)NCCN1CCc2ncnc(Nc3ccc(Oc4cccc5sncc45)c(Cl)c3)c21. The summed E-state index contributed by atoms with van der Waals surface area (Å²) >= 11 is 8.00. The first-order valence-electron chi connectivity index (χ1n) is 11.9. The third-order valence-electron chi connectivity index (χ3n) is 6.28. The third kappa shape index (κ3) is 5.31. The maximum Gasteiger partial charge on any atom is 0.228 e. The number of nitrogens with one attached hydrogen (secondary N) is 2. The van der Waals surface area contributed by atoms with Gasteiger partial charge in [-0.3, -0.25) is 4.79 Å². The van der Waals surface area contributed by atoms with Crippen molar-refractivity contribution in [3.05, 3.63) is 59.6 Å². The lowest BCUT2D eigenvalue weighted by Crippen LogP contribution is -2.42. The molecule has 0 radical (unpaired) electrons. The molecule has 2 aromatic heterocycles. The number of ether oxygens (including phenoxy) is 1. The van der Waals surface area contributed by atoms with Gasteiger partial charge < -0.3 is 25.4 Å². The van der Waals surface area contributed by atoms with Crippen LogP contribution in [0.4, 0.5) is 17.2 Å². The van der Waals surface area contributed by atoms with Crippen molar-refractivity contribution in [1.82, 2.24) is 19.7 Å². The van der Waals surface area contributed by atoms with Gasteiger partial charge in [0.25, 0.3) is 0 Å². The van der Waals surface area contributed by atoms with Crippen LogP contribution >= 0.6 is 23.1 Å². The van der Waals surface area contributed by atoms with Crippen molar-refractivity contribution >= 4 is 56.3 Å². The molecule has 0 fully saturated rings. The highest BCUT2D eigenvalue weighted by Crippen LogP contribution is 2.38. The molecular formula is C26H27ClN6O3S. The molecule has 0 atom stereocenters. The molecule has 9 nitrogen and oxygen atoms in total. The average Bonchev–Trinajstić information content (AvgIpc) is 3.54. The number of nitrogens with zero attached hydrogens (tertiary/aromatic N) is 4. The van der Waals surface area contributed by atoms with E-state index >= 15 is 0 Å². The number of carbonyl (C=O) groups is 1. The summed E-state index contributed by atoms with van der Waals surface area (Å²) in [5.41, 5.74) is 1.80. The van der Waals surface area contributed by atoms with Crippen molar-refractivity contribution < 1.29 is 14.6 Å². The van der Waals surface area contributed by atoms with Crippen molar-refractivity contribution in [3.8, 4) is 11.5 Å². The largest absolute Gasteiger partial charge is 0.455 e. The van der Waals surface area contributed by atoms with Gasteiger partial charge in [-0.25, -0.2) is 9.97 Å². The van der Waals surface area contributed by atoms with Crippen LogP contribution in [0.1, 0.15) is 19.5 Å². The number of benzene rings is 2. The molecule has 3 heterocycles. The van der Waals surface area contributed by atoms with Gasteiger partial charge in [-0.05, 0) is 55.7 Å². The predicted molar refractivity (Wildman–Crippen MR) is 146 cm³/mol. The Balaban J connectivity index is 1.29. The highest BCUT2D eigenvalue weighted by molar-refractivity contribution is 7.13. The van der Waals surface area contributed by atoms with E-state index in [4.69, 9.17) is 16.3 Å². The third-order valence-corrected chi connectivity index (χ3v) is 7.34. The summed E-state index contributed by atoms with van der Waals surface area (Å²) in [5.74, 6) is 1.73. The highest BCUT2D eigenvalue weighted by atomic mass is 35.5. The molecule has 5 rings (SSSR count). The van der Waals surface area contributed by atoms with Crippen LogP contribution in [0.25, 0.3) is 10.1 Å². The Labute approximate surface area is 223 Å². The molecule has 1 aliphatic rings. The number of carbonyl (C=O) groups excluding carboxylic acids is 1. The van der Waals surface area contributed by atoms with Crippen LogP contribution in [0.15, 0.2) is 48.9 Å². The van der Waals surface area contributed by atoms with Crippen molar-refractivity contribution in [1.29, 1.82) is 0 Å². The van der Waals surface area contributed by atoms with Gasteiger partial charge in [0.1, 0.15) is 23.5 Å². The Morgan fingerprint density at radius 3 is 2.92 bits per heavy atom. The lowest BCUT2D eigenvalue weighted by molar-refractivity contribution is -0.131. The molecule has 11 heteroatoms. The van der Waals surface area contributed by atoms with E-state index in [1.165, 1.54) is 11.5 Å². The summed E-state index contributed by atoms with van der Waals surface area (Å²) in [5, 5.41) is 17.1. The number of hydrogen-bond acceptors (Lipinski definition) is 9. The summed E-state index contributed by atoms with van der Waals surface area (Å²) in [6, 6.07) is 11.3. The molecule has 3 N–H and O–H groups in total. The summed E-state index contributed by atoms with van der Waals surface area (Å²) in [6.07, 6.45) is 4.13. The van der Waals surface area contributed by atoms with Crippen LogP contribution in [-0.2, 0) is 11.2 Å². The van der Waals surface area contributed by atoms with Crippen LogP contribution in [0.3, 0.4) is 0 Å². The number of hydrogen-bond donors (Lipinski definition) is 3. The lowest BCUT2D eigenvalue weighted by Gasteiger charge is -2.24. The smallest absolute Gasteiger partial charge is 0.228 e. The van der Waals surface area contributed by atoms with E-state index < -0.39 is 5.41 Å². The normalized spacial score (nSPS) is 13.0. The first-order chi connectivity index (χ1) is 17.9. The number of halogens is 1. The first kappa shape index (κ1) is 25.2. The predicted octanol–water partition coefficient (Wildman–Crippen LogP) is 4.77. The van der Waals surface area contributed by atoms with E-state index in [9.17, 15) is 9.90 Å². The maximum absolute atomic E-state index is 12.3. The second-order valence-corrected chi connectivity index (χ2v) is 10.7. The quantitative estimate of drug-likeness (QED) is 0.279. The molecule has 0 aliphatic carbocycles. The fourth-order valence-electron chi connectivity index (χ4n) is 4.09. The lowest BCUT2D eigenvalue weighted by atomic mass is 9.94. The molecule has 4 aromatic rings. The van der Waals surface area contributed by atoms with Gasteiger partial charge in [-0.1, -0.05) is 17.7 Å². The molecule has 37 heavy (non-hydrogen) atoms. The fraction of sp³-hybridized carbons (Fsp3) is 0.308. The van der Waals surface area contributed by atoms with E-state index in [2.05, 4.69) is 29.9 Å². The zero-order valence-corrected chi connectivity index (χ0v) is 22.1. The first-order valence-corrected chi connectivity index (χ1v) is 13.1. The van der Waals surface area contributed by atoms with Crippen LogP contribution in [-0.4, -0.2) is 51.6 Å². The molecule has 1 aliphatic heterocycles. The Kier molecular flexibility index (Phi) is 7.14. The van der Waals surface area contributed by atoms with E-state index in [1.54, 1.807) is 32.4 Å². The van der Waals surface area contributed by atoms with E-state index in [-0.39, 0.29) is 12.5 Å². The van der Waals surface area contributed by atoms with Crippen molar-refractivity contribution in [2.24, 2.45) is 5.41 Å². The molecule has 0 saturated carbocycles. The molecule has 2 aromatic carbocycles. The molecule has 192 valence electrons. The van der Waals surface area contributed by atoms with Gasteiger partial charge in [0.2, 0.25) is 5.91 Å². The minimum absolute atomic E-state index is 0.180. The zero-order chi connectivity index (χ0) is 26.0.